The maximum absolute atomic E-state index is 12.6. The molecule has 0 unspecified atom stereocenters. The molecule has 1 N–H and O–H groups in total. The van der Waals surface area contributed by atoms with E-state index in [1.807, 2.05) is 17.7 Å². The number of amides is 1. The first-order valence-electron chi connectivity index (χ1n) is 9.06. The van der Waals surface area contributed by atoms with Crippen LogP contribution in [0.15, 0.2) is 54.6 Å². The van der Waals surface area contributed by atoms with Crippen LogP contribution in [0.2, 0.25) is 0 Å². The van der Waals surface area contributed by atoms with Gasteiger partial charge in [0.1, 0.15) is 5.69 Å². The van der Waals surface area contributed by atoms with Gasteiger partial charge in [0.05, 0.1) is 6.54 Å². The van der Waals surface area contributed by atoms with Gasteiger partial charge in [0.15, 0.2) is 0 Å². The summed E-state index contributed by atoms with van der Waals surface area (Å²) in [5.74, 6) is -0.0893. The minimum atomic E-state index is -0.0893. The molecule has 0 bridgehead atoms. The first-order chi connectivity index (χ1) is 12.6. The van der Waals surface area contributed by atoms with Crippen LogP contribution in [-0.2, 0) is 19.4 Å². The summed E-state index contributed by atoms with van der Waals surface area (Å²) in [5.41, 5.74) is 6.57. The molecule has 0 atom stereocenters. The van der Waals surface area contributed by atoms with Crippen LogP contribution in [0.4, 0.5) is 0 Å². The number of hydrogen-bond donors (Lipinski definition) is 1. The molecule has 2 aromatic carbocycles. The van der Waals surface area contributed by atoms with E-state index < -0.39 is 0 Å². The van der Waals surface area contributed by atoms with Gasteiger partial charge in [-0.2, -0.15) is 5.10 Å². The van der Waals surface area contributed by atoms with E-state index in [0.717, 1.165) is 18.5 Å². The molecular formula is C22H23N3O. The SMILES string of the molecule is Cc1ccc(Cn2nc(C(=O)NC3Cc4ccccc4C3)cc2C)cc1. The Morgan fingerprint density at radius 1 is 1.08 bits per heavy atom. The van der Waals surface area contributed by atoms with Gasteiger partial charge in [0.25, 0.3) is 5.91 Å². The normalized spacial score (nSPS) is 13.6. The highest BCUT2D eigenvalue weighted by Gasteiger charge is 2.24. The smallest absolute Gasteiger partial charge is 0.272 e. The van der Waals surface area contributed by atoms with Crippen molar-refractivity contribution in [2.24, 2.45) is 0 Å². The summed E-state index contributed by atoms with van der Waals surface area (Å²) >= 11 is 0. The largest absolute Gasteiger partial charge is 0.347 e. The highest BCUT2D eigenvalue weighted by Crippen LogP contribution is 2.22. The van der Waals surface area contributed by atoms with E-state index in [2.05, 4.69) is 65.9 Å². The number of carbonyl (C=O) groups excluding carboxylic acids is 1. The van der Waals surface area contributed by atoms with E-state index >= 15 is 0 Å². The molecule has 4 rings (SSSR count). The minimum absolute atomic E-state index is 0.0893. The average molecular weight is 345 g/mol. The summed E-state index contributed by atoms with van der Waals surface area (Å²) in [6.45, 7) is 4.74. The number of fused-ring (bicyclic) bond motifs is 1. The van der Waals surface area contributed by atoms with Crippen molar-refractivity contribution in [2.45, 2.75) is 39.3 Å². The van der Waals surface area contributed by atoms with Crippen LogP contribution in [-0.4, -0.2) is 21.7 Å². The standard InChI is InChI=1S/C22H23N3O/c1-15-7-9-17(10-8-15)14-25-16(2)11-21(24-25)22(26)23-20-12-18-5-3-4-6-19(18)13-20/h3-11,20H,12-14H2,1-2H3,(H,23,26). The molecule has 132 valence electrons. The van der Waals surface area contributed by atoms with Gasteiger partial charge in [-0.3, -0.25) is 9.48 Å². The van der Waals surface area contributed by atoms with E-state index in [-0.39, 0.29) is 11.9 Å². The third kappa shape index (κ3) is 3.40. The molecule has 1 aliphatic rings. The fourth-order valence-corrected chi connectivity index (χ4v) is 3.57. The Balaban J connectivity index is 1.43. The highest BCUT2D eigenvalue weighted by atomic mass is 16.2. The third-order valence-corrected chi connectivity index (χ3v) is 5.05. The number of benzene rings is 2. The van der Waals surface area contributed by atoms with Crippen molar-refractivity contribution in [1.29, 1.82) is 0 Å². The second kappa shape index (κ2) is 6.79. The van der Waals surface area contributed by atoms with Gasteiger partial charge in [-0.25, -0.2) is 0 Å². The van der Waals surface area contributed by atoms with E-state index in [1.54, 1.807) is 0 Å². The Morgan fingerprint density at radius 2 is 1.73 bits per heavy atom. The fraction of sp³-hybridized carbons (Fsp3) is 0.273. The summed E-state index contributed by atoms with van der Waals surface area (Å²) in [6.07, 6.45) is 1.79. The number of nitrogens with one attached hydrogen (secondary N) is 1. The van der Waals surface area contributed by atoms with Gasteiger partial charge in [0.2, 0.25) is 0 Å². The summed E-state index contributed by atoms with van der Waals surface area (Å²) in [6, 6.07) is 18.8. The van der Waals surface area contributed by atoms with E-state index in [0.29, 0.717) is 12.2 Å². The predicted molar refractivity (Wildman–Crippen MR) is 102 cm³/mol. The van der Waals surface area contributed by atoms with Crippen molar-refractivity contribution in [3.8, 4) is 0 Å². The Bertz CT molecular complexity index is 915. The summed E-state index contributed by atoms with van der Waals surface area (Å²) in [4.78, 5) is 12.6. The molecule has 1 amide bonds. The molecular weight excluding hydrogens is 322 g/mol. The zero-order chi connectivity index (χ0) is 18.1. The van der Waals surface area contributed by atoms with Crippen molar-refractivity contribution in [3.63, 3.8) is 0 Å². The lowest BCUT2D eigenvalue weighted by atomic mass is 10.1. The van der Waals surface area contributed by atoms with Crippen LogP contribution in [0.5, 0.6) is 0 Å². The number of nitrogens with zero attached hydrogens (tertiary/aromatic N) is 2. The van der Waals surface area contributed by atoms with E-state index in [9.17, 15) is 4.79 Å². The molecule has 1 aromatic heterocycles. The van der Waals surface area contributed by atoms with Crippen LogP contribution in [0.1, 0.15) is 38.4 Å². The number of carbonyl (C=O) groups is 1. The Morgan fingerprint density at radius 3 is 2.38 bits per heavy atom. The molecule has 0 saturated carbocycles. The molecule has 0 radical (unpaired) electrons. The molecule has 26 heavy (non-hydrogen) atoms. The average Bonchev–Trinajstić information content (AvgIpc) is 3.20. The van der Waals surface area contributed by atoms with Crippen molar-refractivity contribution in [1.82, 2.24) is 15.1 Å². The van der Waals surface area contributed by atoms with Gasteiger partial charge >= 0.3 is 0 Å². The lowest BCUT2D eigenvalue weighted by molar-refractivity contribution is 0.0932. The lowest BCUT2D eigenvalue weighted by Crippen LogP contribution is -2.35. The van der Waals surface area contributed by atoms with Crippen molar-refractivity contribution < 1.29 is 4.79 Å². The van der Waals surface area contributed by atoms with Crippen molar-refractivity contribution in [2.75, 3.05) is 0 Å². The van der Waals surface area contributed by atoms with E-state index in [4.69, 9.17) is 0 Å². The molecule has 0 aliphatic heterocycles. The third-order valence-electron chi connectivity index (χ3n) is 5.05. The first kappa shape index (κ1) is 16.6. The minimum Gasteiger partial charge on any atom is -0.347 e. The van der Waals surface area contributed by atoms with Crippen LogP contribution in [0.25, 0.3) is 0 Å². The molecule has 4 nitrogen and oxygen atoms in total. The number of aryl methyl sites for hydroxylation is 2. The van der Waals surface area contributed by atoms with E-state index in [1.165, 1.54) is 22.3 Å². The van der Waals surface area contributed by atoms with Crippen molar-refractivity contribution in [3.05, 3.63) is 88.2 Å². The highest BCUT2D eigenvalue weighted by molar-refractivity contribution is 5.92. The summed E-state index contributed by atoms with van der Waals surface area (Å²) in [5, 5.41) is 7.66. The molecule has 0 saturated heterocycles. The molecule has 0 spiro atoms. The fourth-order valence-electron chi connectivity index (χ4n) is 3.57. The molecule has 1 heterocycles. The van der Waals surface area contributed by atoms with Crippen LogP contribution in [0, 0.1) is 13.8 Å². The number of hydrogen-bond acceptors (Lipinski definition) is 2. The zero-order valence-electron chi connectivity index (χ0n) is 15.2. The van der Waals surface area contributed by atoms with Crippen LogP contribution in [0.3, 0.4) is 0 Å². The van der Waals surface area contributed by atoms with Gasteiger partial charge < -0.3 is 5.32 Å². The van der Waals surface area contributed by atoms with Crippen LogP contribution < -0.4 is 5.32 Å². The quantitative estimate of drug-likeness (QED) is 0.787. The maximum atomic E-state index is 12.6. The first-order valence-corrected chi connectivity index (χ1v) is 9.06. The number of aromatic nitrogens is 2. The number of rotatable bonds is 4. The topological polar surface area (TPSA) is 46.9 Å². The summed E-state index contributed by atoms with van der Waals surface area (Å²) < 4.78 is 1.89. The zero-order valence-corrected chi connectivity index (χ0v) is 15.2. The monoisotopic (exact) mass is 345 g/mol. The van der Waals surface area contributed by atoms with Crippen LogP contribution >= 0.6 is 0 Å². The predicted octanol–water partition coefficient (Wildman–Crippen LogP) is 3.45. The molecule has 3 aromatic rings. The van der Waals surface area contributed by atoms with Gasteiger partial charge in [-0.15, -0.1) is 0 Å². The molecule has 1 aliphatic carbocycles. The lowest BCUT2D eigenvalue weighted by Gasteiger charge is -2.10. The second-order valence-corrected chi connectivity index (χ2v) is 7.16. The molecule has 0 fully saturated rings. The Kier molecular flexibility index (Phi) is 4.33. The second-order valence-electron chi connectivity index (χ2n) is 7.16. The Labute approximate surface area is 153 Å². The summed E-state index contributed by atoms with van der Waals surface area (Å²) in [7, 11) is 0. The van der Waals surface area contributed by atoms with Gasteiger partial charge in [-0.05, 0) is 49.4 Å². The maximum Gasteiger partial charge on any atom is 0.272 e. The van der Waals surface area contributed by atoms with Crippen molar-refractivity contribution >= 4 is 5.91 Å². The Hall–Kier alpha value is -2.88. The van der Waals surface area contributed by atoms with Gasteiger partial charge in [-0.1, -0.05) is 54.1 Å². The van der Waals surface area contributed by atoms with Gasteiger partial charge in [0, 0.05) is 11.7 Å². The molecule has 4 heteroatoms.